The summed E-state index contributed by atoms with van der Waals surface area (Å²) in [4.78, 5) is 36.4. The molecule has 0 aromatic heterocycles. The Morgan fingerprint density at radius 1 is 1.53 bits per heavy atom. The van der Waals surface area contributed by atoms with Gasteiger partial charge in [0.25, 0.3) is 0 Å². The minimum Gasteiger partial charge on any atom is -0.357 e. The molecule has 1 heterocycles. The van der Waals surface area contributed by atoms with Gasteiger partial charge in [-0.3, -0.25) is 19.3 Å². The minimum absolute atomic E-state index is 0.0536. The van der Waals surface area contributed by atoms with Crippen molar-refractivity contribution in [1.82, 2.24) is 10.2 Å². The topological polar surface area (TPSA) is 92.5 Å². The molecule has 1 rings (SSSR count). The van der Waals surface area contributed by atoms with Gasteiger partial charge in [-0.05, 0) is 5.92 Å². The molecule has 0 aliphatic carbocycles. The van der Waals surface area contributed by atoms with Crippen molar-refractivity contribution in [3.8, 4) is 0 Å². The van der Waals surface area contributed by atoms with Crippen molar-refractivity contribution in [2.75, 3.05) is 13.6 Å². The molecular formula is C11H19N3O3. The number of nitrogens with zero attached hydrogens (tertiary/aromatic N) is 1. The maximum atomic E-state index is 12.0. The number of hydrogen-bond donors (Lipinski definition) is 2. The van der Waals surface area contributed by atoms with E-state index >= 15 is 0 Å². The van der Waals surface area contributed by atoms with Crippen molar-refractivity contribution >= 4 is 17.7 Å². The van der Waals surface area contributed by atoms with E-state index in [9.17, 15) is 14.4 Å². The fourth-order valence-electron chi connectivity index (χ4n) is 2.02. The van der Waals surface area contributed by atoms with E-state index in [1.54, 1.807) is 0 Å². The van der Waals surface area contributed by atoms with Crippen LogP contribution in [0.1, 0.15) is 20.3 Å². The van der Waals surface area contributed by atoms with E-state index in [0.717, 1.165) is 4.90 Å². The molecule has 0 aromatic rings. The molecule has 6 nitrogen and oxygen atoms in total. The van der Waals surface area contributed by atoms with Crippen molar-refractivity contribution in [3.63, 3.8) is 0 Å². The standard InChI is InChI=1S/C11H19N3O3/c1-6(2)7-4-9(15)14(11(7)17)8(5-12)10(16)13-3/h6-8H,4-5,12H2,1-3H3,(H,13,16). The number of carbonyl (C=O) groups is 3. The van der Waals surface area contributed by atoms with Crippen molar-refractivity contribution in [2.45, 2.75) is 26.3 Å². The van der Waals surface area contributed by atoms with E-state index in [4.69, 9.17) is 5.73 Å². The van der Waals surface area contributed by atoms with Crippen LogP contribution in [0.25, 0.3) is 0 Å². The molecule has 0 bridgehead atoms. The van der Waals surface area contributed by atoms with Gasteiger partial charge in [0.2, 0.25) is 17.7 Å². The number of likely N-dealkylation sites (tertiary alicyclic amines) is 1. The summed E-state index contributed by atoms with van der Waals surface area (Å²) in [7, 11) is 1.45. The zero-order valence-electron chi connectivity index (χ0n) is 10.4. The third-order valence-electron chi connectivity index (χ3n) is 3.11. The lowest BCUT2D eigenvalue weighted by atomic mass is 9.94. The number of hydrogen-bond acceptors (Lipinski definition) is 4. The van der Waals surface area contributed by atoms with Gasteiger partial charge in [-0.2, -0.15) is 0 Å². The summed E-state index contributed by atoms with van der Waals surface area (Å²) in [5.41, 5.74) is 5.47. The normalized spacial score (nSPS) is 22.2. The van der Waals surface area contributed by atoms with Gasteiger partial charge in [-0.15, -0.1) is 0 Å². The van der Waals surface area contributed by atoms with Crippen LogP contribution in [0, 0.1) is 11.8 Å². The molecule has 6 heteroatoms. The Kier molecular flexibility index (Phi) is 4.22. The molecule has 0 saturated carbocycles. The van der Waals surface area contributed by atoms with Crippen LogP contribution in [0.5, 0.6) is 0 Å². The molecule has 2 atom stereocenters. The fraction of sp³-hybridized carbons (Fsp3) is 0.727. The first-order chi connectivity index (χ1) is 7.93. The van der Waals surface area contributed by atoms with E-state index in [1.807, 2.05) is 13.8 Å². The van der Waals surface area contributed by atoms with Gasteiger partial charge in [-0.25, -0.2) is 0 Å². The summed E-state index contributed by atoms with van der Waals surface area (Å²) in [6.45, 7) is 3.72. The van der Waals surface area contributed by atoms with Gasteiger partial charge >= 0.3 is 0 Å². The quantitative estimate of drug-likeness (QED) is 0.623. The molecule has 3 amide bonds. The number of amides is 3. The summed E-state index contributed by atoms with van der Waals surface area (Å²) in [6.07, 6.45) is 0.171. The molecule has 2 unspecified atom stereocenters. The highest BCUT2D eigenvalue weighted by Gasteiger charge is 2.44. The predicted molar refractivity (Wildman–Crippen MR) is 61.7 cm³/mol. The van der Waals surface area contributed by atoms with E-state index in [0.29, 0.717) is 0 Å². The molecule has 1 fully saturated rings. The summed E-state index contributed by atoms with van der Waals surface area (Å²) in [6, 6.07) is -0.885. The highest BCUT2D eigenvalue weighted by atomic mass is 16.2. The van der Waals surface area contributed by atoms with Crippen LogP contribution in [0.15, 0.2) is 0 Å². The van der Waals surface area contributed by atoms with Gasteiger partial charge in [0.15, 0.2) is 0 Å². The Morgan fingerprint density at radius 2 is 2.12 bits per heavy atom. The zero-order valence-corrected chi connectivity index (χ0v) is 10.4. The average molecular weight is 241 g/mol. The second-order valence-electron chi connectivity index (χ2n) is 4.52. The number of nitrogens with two attached hydrogens (primary N) is 1. The van der Waals surface area contributed by atoms with Crippen LogP contribution in [-0.2, 0) is 14.4 Å². The lowest BCUT2D eigenvalue weighted by Crippen LogP contribution is -2.52. The Labute approximate surface area is 101 Å². The number of nitrogens with one attached hydrogen (secondary N) is 1. The lowest BCUT2D eigenvalue weighted by Gasteiger charge is -2.24. The van der Waals surface area contributed by atoms with Gasteiger partial charge < -0.3 is 11.1 Å². The monoisotopic (exact) mass is 241 g/mol. The van der Waals surface area contributed by atoms with Crippen molar-refractivity contribution < 1.29 is 14.4 Å². The van der Waals surface area contributed by atoms with Gasteiger partial charge in [0.1, 0.15) is 6.04 Å². The second-order valence-corrected chi connectivity index (χ2v) is 4.52. The molecule has 3 N–H and O–H groups in total. The smallest absolute Gasteiger partial charge is 0.244 e. The molecule has 1 aliphatic rings. The Balaban J connectivity index is 2.93. The van der Waals surface area contributed by atoms with Crippen molar-refractivity contribution in [2.24, 2.45) is 17.6 Å². The van der Waals surface area contributed by atoms with Gasteiger partial charge in [0.05, 0.1) is 0 Å². The molecule has 0 radical (unpaired) electrons. The summed E-state index contributed by atoms with van der Waals surface area (Å²) >= 11 is 0. The molecule has 0 spiro atoms. The van der Waals surface area contributed by atoms with Gasteiger partial charge in [-0.1, -0.05) is 13.8 Å². The molecule has 0 aromatic carbocycles. The Morgan fingerprint density at radius 3 is 2.47 bits per heavy atom. The predicted octanol–water partition coefficient (Wildman–Crippen LogP) is -0.909. The maximum Gasteiger partial charge on any atom is 0.244 e. The summed E-state index contributed by atoms with van der Waals surface area (Å²) < 4.78 is 0. The first kappa shape index (κ1) is 13.6. The van der Waals surface area contributed by atoms with E-state index in [-0.39, 0.29) is 36.6 Å². The highest BCUT2D eigenvalue weighted by Crippen LogP contribution is 2.27. The second kappa shape index (κ2) is 5.27. The number of likely N-dealkylation sites (N-methyl/N-ethyl adjacent to an activating group) is 1. The molecule has 1 saturated heterocycles. The number of rotatable bonds is 4. The Hall–Kier alpha value is -1.43. The molecular weight excluding hydrogens is 222 g/mol. The SMILES string of the molecule is CNC(=O)C(CN)N1C(=O)CC(C(C)C)C1=O. The van der Waals surface area contributed by atoms with Crippen LogP contribution in [0.2, 0.25) is 0 Å². The van der Waals surface area contributed by atoms with Crippen LogP contribution < -0.4 is 11.1 Å². The first-order valence-corrected chi connectivity index (χ1v) is 5.71. The molecule has 96 valence electrons. The number of imide groups is 1. The largest absolute Gasteiger partial charge is 0.357 e. The van der Waals surface area contributed by atoms with Crippen LogP contribution in [0.3, 0.4) is 0 Å². The summed E-state index contributed by atoms with van der Waals surface area (Å²) in [5.74, 6) is -1.25. The van der Waals surface area contributed by atoms with Crippen LogP contribution >= 0.6 is 0 Å². The average Bonchev–Trinajstić information content (AvgIpc) is 2.57. The summed E-state index contributed by atoms with van der Waals surface area (Å²) in [5, 5.41) is 2.41. The molecule has 1 aliphatic heterocycles. The van der Waals surface area contributed by atoms with Crippen LogP contribution in [0.4, 0.5) is 0 Å². The highest BCUT2D eigenvalue weighted by molar-refractivity contribution is 6.07. The number of carbonyl (C=O) groups excluding carboxylic acids is 3. The minimum atomic E-state index is -0.885. The Bertz CT molecular complexity index is 341. The van der Waals surface area contributed by atoms with E-state index in [1.165, 1.54) is 7.05 Å². The van der Waals surface area contributed by atoms with Crippen LogP contribution in [-0.4, -0.2) is 42.3 Å². The van der Waals surface area contributed by atoms with E-state index < -0.39 is 11.9 Å². The van der Waals surface area contributed by atoms with Crippen molar-refractivity contribution in [3.05, 3.63) is 0 Å². The fourth-order valence-corrected chi connectivity index (χ4v) is 2.02. The third-order valence-corrected chi connectivity index (χ3v) is 3.11. The lowest BCUT2D eigenvalue weighted by molar-refractivity contribution is -0.147. The van der Waals surface area contributed by atoms with Gasteiger partial charge in [0, 0.05) is 25.9 Å². The van der Waals surface area contributed by atoms with Crippen molar-refractivity contribution in [1.29, 1.82) is 0 Å². The third kappa shape index (κ3) is 2.46. The first-order valence-electron chi connectivity index (χ1n) is 5.71. The maximum absolute atomic E-state index is 12.0. The zero-order chi connectivity index (χ0) is 13.2. The molecule has 17 heavy (non-hydrogen) atoms. The van der Waals surface area contributed by atoms with E-state index in [2.05, 4.69) is 5.32 Å².